The standard InChI is InChI=1S/C20H18Cl2O2/c1-3-8-13-15-14(11-9-6-5-7-10-11)12(4-2)19(23)16(15)17(21)18(22)20(13)24/h3,5-7,9-10,12,14,24H,1,4,8H2,2H3. The molecular weight excluding hydrogens is 343 g/mol. The zero-order valence-corrected chi connectivity index (χ0v) is 14.9. The van der Waals surface area contributed by atoms with Gasteiger partial charge in [0.25, 0.3) is 0 Å². The van der Waals surface area contributed by atoms with E-state index < -0.39 is 0 Å². The van der Waals surface area contributed by atoms with Gasteiger partial charge >= 0.3 is 0 Å². The second kappa shape index (κ2) is 6.62. The fourth-order valence-electron chi connectivity index (χ4n) is 3.70. The first-order chi connectivity index (χ1) is 11.5. The number of aromatic hydroxyl groups is 1. The van der Waals surface area contributed by atoms with Crippen molar-refractivity contribution < 1.29 is 9.90 Å². The van der Waals surface area contributed by atoms with Crippen molar-refractivity contribution in [3.05, 3.63) is 75.3 Å². The third-order valence-corrected chi connectivity index (χ3v) is 5.59. The highest BCUT2D eigenvalue weighted by Crippen LogP contribution is 2.52. The van der Waals surface area contributed by atoms with Gasteiger partial charge in [0.05, 0.1) is 5.02 Å². The van der Waals surface area contributed by atoms with Crippen LogP contribution in [0.5, 0.6) is 5.75 Å². The van der Waals surface area contributed by atoms with E-state index in [0.717, 1.165) is 11.1 Å². The number of Topliss-reactive ketones (excluding diaryl/α,β-unsaturated/α-hetero) is 1. The summed E-state index contributed by atoms with van der Waals surface area (Å²) in [6, 6.07) is 9.86. The van der Waals surface area contributed by atoms with Crippen LogP contribution in [-0.2, 0) is 6.42 Å². The Labute approximate surface area is 151 Å². The van der Waals surface area contributed by atoms with Gasteiger partial charge in [0.1, 0.15) is 10.8 Å². The zero-order chi connectivity index (χ0) is 17.4. The number of carbonyl (C=O) groups excluding carboxylic acids is 1. The smallest absolute Gasteiger partial charge is 0.168 e. The third kappa shape index (κ3) is 2.45. The quantitative estimate of drug-likeness (QED) is 0.701. The monoisotopic (exact) mass is 360 g/mol. The molecule has 0 aromatic heterocycles. The Kier molecular flexibility index (Phi) is 4.71. The predicted octanol–water partition coefficient (Wildman–Crippen LogP) is 5.78. The van der Waals surface area contributed by atoms with Crippen molar-refractivity contribution in [2.75, 3.05) is 0 Å². The van der Waals surface area contributed by atoms with Crippen molar-refractivity contribution in [2.24, 2.45) is 5.92 Å². The van der Waals surface area contributed by atoms with Gasteiger partial charge in [-0.05, 0) is 24.0 Å². The van der Waals surface area contributed by atoms with E-state index in [-0.39, 0.29) is 33.4 Å². The molecule has 1 aliphatic rings. The van der Waals surface area contributed by atoms with Gasteiger partial charge in [-0.15, -0.1) is 6.58 Å². The van der Waals surface area contributed by atoms with Crippen LogP contribution in [0.3, 0.4) is 0 Å². The lowest BCUT2D eigenvalue weighted by molar-refractivity contribution is 0.0926. The molecule has 0 amide bonds. The third-order valence-electron chi connectivity index (χ3n) is 4.74. The lowest BCUT2D eigenvalue weighted by atomic mass is 9.82. The number of hydrogen-bond acceptors (Lipinski definition) is 2. The van der Waals surface area contributed by atoms with E-state index in [9.17, 15) is 9.90 Å². The molecular formula is C20H18Cl2O2. The van der Waals surface area contributed by atoms with Gasteiger partial charge in [-0.3, -0.25) is 4.79 Å². The minimum atomic E-state index is -0.207. The van der Waals surface area contributed by atoms with Gasteiger partial charge in [-0.1, -0.05) is 66.5 Å². The van der Waals surface area contributed by atoms with Gasteiger partial charge in [-0.2, -0.15) is 0 Å². The van der Waals surface area contributed by atoms with Crippen LogP contribution in [-0.4, -0.2) is 10.9 Å². The summed E-state index contributed by atoms with van der Waals surface area (Å²) in [5.74, 6) is -0.389. The van der Waals surface area contributed by atoms with Crippen LogP contribution >= 0.6 is 23.2 Å². The van der Waals surface area contributed by atoms with Crippen molar-refractivity contribution in [3.63, 3.8) is 0 Å². The van der Waals surface area contributed by atoms with Crippen molar-refractivity contribution in [2.45, 2.75) is 25.7 Å². The van der Waals surface area contributed by atoms with Crippen LogP contribution in [0.15, 0.2) is 43.0 Å². The molecule has 4 heteroatoms. The number of ketones is 1. The first kappa shape index (κ1) is 17.1. The SMILES string of the molecule is C=CCc1c(O)c(Cl)c(Cl)c2c1C(c1ccccc1)C(CC)C2=O. The van der Waals surface area contributed by atoms with E-state index >= 15 is 0 Å². The molecule has 24 heavy (non-hydrogen) atoms. The Morgan fingerprint density at radius 3 is 2.46 bits per heavy atom. The highest BCUT2D eigenvalue weighted by Gasteiger charge is 2.44. The average Bonchev–Trinajstić information content (AvgIpc) is 2.90. The van der Waals surface area contributed by atoms with E-state index in [1.54, 1.807) is 6.08 Å². The summed E-state index contributed by atoms with van der Waals surface area (Å²) in [6.45, 7) is 5.75. The summed E-state index contributed by atoms with van der Waals surface area (Å²) < 4.78 is 0. The molecule has 0 heterocycles. The van der Waals surface area contributed by atoms with Crippen molar-refractivity contribution in [3.8, 4) is 5.75 Å². The van der Waals surface area contributed by atoms with Crippen LogP contribution < -0.4 is 0 Å². The van der Waals surface area contributed by atoms with Crippen LogP contribution in [0.25, 0.3) is 0 Å². The summed E-state index contributed by atoms with van der Waals surface area (Å²) >= 11 is 12.5. The molecule has 0 saturated heterocycles. The van der Waals surface area contributed by atoms with Crippen molar-refractivity contribution >= 4 is 29.0 Å². The molecule has 0 radical (unpaired) electrons. The lowest BCUT2D eigenvalue weighted by Gasteiger charge is -2.21. The fourth-order valence-corrected chi connectivity index (χ4v) is 4.19. The summed E-state index contributed by atoms with van der Waals surface area (Å²) in [5.41, 5.74) is 2.94. The second-order valence-electron chi connectivity index (χ2n) is 6.00. The molecule has 0 bridgehead atoms. The van der Waals surface area contributed by atoms with Gasteiger partial charge in [0.15, 0.2) is 5.78 Å². The number of carbonyl (C=O) groups is 1. The first-order valence-corrected chi connectivity index (χ1v) is 8.71. The van der Waals surface area contributed by atoms with Crippen LogP contribution in [0.1, 0.15) is 46.3 Å². The molecule has 0 fully saturated rings. The van der Waals surface area contributed by atoms with E-state index in [2.05, 4.69) is 6.58 Å². The van der Waals surface area contributed by atoms with Crippen molar-refractivity contribution in [1.82, 2.24) is 0 Å². The van der Waals surface area contributed by atoms with Gasteiger partial charge in [0, 0.05) is 23.0 Å². The largest absolute Gasteiger partial charge is 0.506 e. The molecule has 2 nitrogen and oxygen atoms in total. The summed E-state index contributed by atoms with van der Waals surface area (Å²) in [5, 5.41) is 10.7. The van der Waals surface area contributed by atoms with E-state index in [1.165, 1.54) is 0 Å². The Morgan fingerprint density at radius 2 is 1.88 bits per heavy atom. The molecule has 0 aliphatic heterocycles. The molecule has 124 valence electrons. The molecule has 2 unspecified atom stereocenters. The predicted molar refractivity (Wildman–Crippen MR) is 98.4 cm³/mol. The first-order valence-electron chi connectivity index (χ1n) is 7.95. The van der Waals surface area contributed by atoms with E-state index in [1.807, 2.05) is 37.3 Å². The van der Waals surface area contributed by atoms with Crippen molar-refractivity contribution in [1.29, 1.82) is 0 Å². The van der Waals surface area contributed by atoms with Crippen LogP contribution in [0.4, 0.5) is 0 Å². The Morgan fingerprint density at radius 1 is 1.21 bits per heavy atom. The molecule has 1 N–H and O–H groups in total. The minimum absolute atomic E-state index is 0.00133. The number of phenolic OH excluding ortho intramolecular Hbond substituents is 1. The molecule has 1 aliphatic carbocycles. The molecule has 2 atom stereocenters. The highest BCUT2D eigenvalue weighted by atomic mass is 35.5. The normalized spacial score (nSPS) is 19.4. The number of allylic oxidation sites excluding steroid dienone is 1. The zero-order valence-electron chi connectivity index (χ0n) is 13.4. The summed E-state index contributed by atoms with van der Waals surface area (Å²) in [4.78, 5) is 13.0. The maximum absolute atomic E-state index is 13.0. The molecule has 0 saturated carbocycles. The highest BCUT2D eigenvalue weighted by molar-refractivity contribution is 6.45. The van der Waals surface area contributed by atoms with Gasteiger partial charge in [0.2, 0.25) is 0 Å². The minimum Gasteiger partial charge on any atom is -0.506 e. The number of rotatable bonds is 4. The van der Waals surface area contributed by atoms with Gasteiger partial charge < -0.3 is 5.11 Å². The average molecular weight is 361 g/mol. The van der Waals surface area contributed by atoms with E-state index in [0.29, 0.717) is 24.0 Å². The molecule has 2 aromatic carbocycles. The van der Waals surface area contributed by atoms with E-state index in [4.69, 9.17) is 23.2 Å². The molecule has 2 aromatic rings. The molecule has 0 spiro atoms. The Bertz CT molecular complexity index is 812. The number of phenols is 1. The van der Waals surface area contributed by atoms with Crippen LogP contribution in [0.2, 0.25) is 10.0 Å². The maximum atomic E-state index is 13.0. The van der Waals surface area contributed by atoms with Crippen LogP contribution in [0, 0.1) is 5.92 Å². The maximum Gasteiger partial charge on any atom is 0.168 e. The van der Waals surface area contributed by atoms with Gasteiger partial charge in [-0.25, -0.2) is 0 Å². The number of halogens is 2. The summed E-state index contributed by atoms with van der Waals surface area (Å²) in [6.07, 6.45) is 2.82. The fraction of sp³-hybridized carbons (Fsp3) is 0.250. The number of hydrogen-bond donors (Lipinski definition) is 1. The number of fused-ring (bicyclic) bond motifs is 1. The Hall–Kier alpha value is -1.77. The molecule has 3 rings (SSSR count). The second-order valence-corrected chi connectivity index (χ2v) is 6.76. The number of benzene rings is 2. The summed E-state index contributed by atoms with van der Waals surface area (Å²) in [7, 11) is 0. The topological polar surface area (TPSA) is 37.3 Å². The Balaban J connectivity index is 2.36. The lowest BCUT2D eigenvalue weighted by Crippen LogP contribution is -2.14.